The number of ketones is 1. The van der Waals surface area contributed by atoms with Gasteiger partial charge in [-0.1, -0.05) is 18.2 Å². The highest BCUT2D eigenvalue weighted by atomic mass is 16.1. The van der Waals surface area contributed by atoms with Crippen LogP contribution >= 0.6 is 0 Å². The van der Waals surface area contributed by atoms with Crippen molar-refractivity contribution in [2.45, 2.75) is 12.8 Å². The van der Waals surface area contributed by atoms with E-state index in [9.17, 15) is 9.59 Å². The van der Waals surface area contributed by atoms with Crippen LogP contribution < -0.4 is 16.4 Å². The first kappa shape index (κ1) is 17.8. The maximum atomic E-state index is 13.1. The average molecular weight is 371 g/mol. The van der Waals surface area contributed by atoms with Gasteiger partial charge in [-0.3, -0.25) is 9.59 Å². The second-order valence-corrected chi connectivity index (χ2v) is 6.86. The number of anilines is 3. The zero-order valence-electron chi connectivity index (χ0n) is 15.6. The molecule has 0 aliphatic heterocycles. The van der Waals surface area contributed by atoms with Gasteiger partial charge in [-0.25, -0.2) is 0 Å². The number of para-hydroxylation sites is 2. The zero-order valence-corrected chi connectivity index (χ0v) is 15.6. The SMILES string of the molecule is CNC(=O)c1ccc2c(c1)C(=O)c1ccc(Nc3ccccc3N)cc1CC2. The van der Waals surface area contributed by atoms with E-state index in [1.807, 2.05) is 48.5 Å². The number of amides is 1. The predicted octanol–water partition coefficient (Wildman–Crippen LogP) is 3.70. The van der Waals surface area contributed by atoms with Crippen LogP contribution in [0.4, 0.5) is 17.1 Å². The Hall–Kier alpha value is -3.60. The molecular weight excluding hydrogens is 350 g/mol. The third kappa shape index (κ3) is 3.22. The van der Waals surface area contributed by atoms with Gasteiger partial charge in [0.1, 0.15) is 0 Å². The highest BCUT2D eigenvalue weighted by molar-refractivity contribution is 6.12. The van der Waals surface area contributed by atoms with Crippen LogP contribution in [0, 0.1) is 0 Å². The van der Waals surface area contributed by atoms with Gasteiger partial charge < -0.3 is 16.4 Å². The fourth-order valence-electron chi connectivity index (χ4n) is 3.57. The molecule has 1 aliphatic rings. The number of carbonyl (C=O) groups excluding carboxylic acids is 2. The maximum Gasteiger partial charge on any atom is 0.251 e. The smallest absolute Gasteiger partial charge is 0.251 e. The third-order valence-electron chi connectivity index (χ3n) is 5.10. The minimum atomic E-state index is -0.194. The van der Waals surface area contributed by atoms with Crippen LogP contribution in [-0.2, 0) is 12.8 Å². The van der Waals surface area contributed by atoms with E-state index >= 15 is 0 Å². The quantitative estimate of drug-likeness (QED) is 0.613. The predicted molar refractivity (Wildman–Crippen MR) is 111 cm³/mol. The second-order valence-electron chi connectivity index (χ2n) is 6.86. The van der Waals surface area contributed by atoms with Crippen LogP contribution in [0.15, 0.2) is 60.7 Å². The topological polar surface area (TPSA) is 84.2 Å². The van der Waals surface area contributed by atoms with Crippen LogP contribution in [0.5, 0.6) is 0 Å². The standard InChI is InChI=1S/C23H21N3O2/c1-25-23(28)16-9-7-14-6-8-15-12-17(26-21-5-3-2-4-20(21)24)10-11-18(15)22(27)19(14)13-16/h2-5,7,9-13,26H,6,8,24H2,1H3,(H,25,28). The normalized spacial score (nSPS) is 12.5. The average Bonchev–Trinajstić information content (AvgIpc) is 2.85. The summed E-state index contributed by atoms with van der Waals surface area (Å²) in [6.07, 6.45) is 1.51. The van der Waals surface area contributed by atoms with Crippen molar-refractivity contribution in [2.75, 3.05) is 18.1 Å². The Morgan fingerprint density at radius 2 is 1.71 bits per heavy atom. The Labute approximate surface area is 163 Å². The molecule has 3 aromatic rings. The van der Waals surface area contributed by atoms with Gasteiger partial charge in [0.05, 0.1) is 11.4 Å². The molecule has 0 unspecified atom stereocenters. The number of fused-ring (bicyclic) bond motifs is 2. The Kier molecular flexibility index (Phi) is 4.57. The summed E-state index contributed by atoms with van der Waals surface area (Å²) in [6.45, 7) is 0. The van der Waals surface area contributed by atoms with Crippen molar-refractivity contribution in [2.24, 2.45) is 0 Å². The van der Waals surface area contributed by atoms with E-state index in [-0.39, 0.29) is 11.7 Å². The summed E-state index contributed by atoms with van der Waals surface area (Å²) in [5.74, 6) is -0.237. The summed E-state index contributed by atoms with van der Waals surface area (Å²) in [5.41, 5.74) is 12.1. The van der Waals surface area contributed by atoms with Gasteiger partial charge in [-0.15, -0.1) is 0 Å². The van der Waals surface area contributed by atoms with Gasteiger partial charge in [0.15, 0.2) is 5.78 Å². The van der Waals surface area contributed by atoms with E-state index in [1.54, 1.807) is 19.2 Å². The molecule has 3 aromatic carbocycles. The molecule has 0 bridgehead atoms. The zero-order chi connectivity index (χ0) is 19.7. The van der Waals surface area contributed by atoms with Crippen LogP contribution in [0.25, 0.3) is 0 Å². The van der Waals surface area contributed by atoms with Crippen LogP contribution in [0.3, 0.4) is 0 Å². The monoisotopic (exact) mass is 371 g/mol. The lowest BCUT2D eigenvalue weighted by Crippen LogP contribution is -2.18. The molecule has 5 heteroatoms. The van der Waals surface area contributed by atoms with Crippen molar-refractivity contribution in [3.8, 4) is 0 Å². The largest absolute Gasteiger partial charge is 0.397 e. The molecule has 0 heterocycles. The van der Waals surface area contributed by atoms with Gasteiger partial charge in [-0.05, 0) is 66.4 Å². The van der Waals surface area contributed by atoms with Crippen molar-refractivity contribution in [1.82, 2.24) is 5.32 Å². The number of hydrogen-bond donors (Lipinski definition) is 3. The molecule has 5 nitrogen and oxygen atoms in total. The van der Waals surface area contributed by atoms with Crippen molar-refractivity contribution in [3.05, 3.63) is 88.5 Å². The number of nitrogens with one attached hydrogen (secondary N) is 2. The number of nitrogen functional groups attached to an aromatic ring is 1. The molecule has 1 amide bonds. The molecular formula is C23H21N3O2. The summed E-state index contributed by atoms with van der Waals surface area (Å²) < 4.78 is 0. The van der Waals surface area contributed by atoms with E-state index in [2.05, 4.69) is 10.6 Å². The van der Waals surface area contributed by atoms with E-state index in [0.717, 1.165) is 35.3 Å². The van der Waals surface area contributed by atoms with E-state index in [1.165, 1.54) is 0 Å². The maximum absolute atomic E-state index is 13.1. The molecule has 0 saturated carbocycles. The first-order chi connectivity index (χ1) is 13.6. The lowest BCUT2D eigenvalue weighted by molar-refractivity contribution is 0.0963. The van der Waals surface area contributed by atoms with Gasteiger partial charge in [0.2, 0.25) is 0 Å². The summed E-state index contributed by atoms with van der Waals surface area (Å²) in [6, 6.07) is 18.7. The first-order valence-corrected chi connectivity index (χ1v) is 9.21. The lowest BCUT2D eigenvalue weighted by atomic mass is 9.96. The number of benzene rings is 3. The Morgan fingerprint density at radius 1 is 0.929 bits per heavy atom. The van der Waals surface area contributed by atoms with Crippen molar-refractivity contribution in [1.29, 1.82) is 0 Å². The molecule has 4 N–H and O–H groups in total. The number of hydrogen-bond acceptors (Lipinski definition) is 4. The lowest BCUT2D eigenvalue weighted by Gasteiger charge is -2.12. The number of nitrogens with two attached hydrogens (primary N) is 1. The van der Waals surface area contributed by atoms with Crippen molar-refractivity contribution < 1.29 is 9.59 Å². The Balaban J connectivity index is 1.69. The fraction of sp³-hybridized carbons (Fsp3) is 0.130. The van der Waals surface area contributed by atoms with Crippen LogP contribution in [0.2, 0.25) is 0 Å². The fourth-order valence-corrected chi connectivity index (χ4v) is 3.57. The molecule has 0 fully saturated rings. The number of rotatable bonds is 3. The molecule has 0 atom stereocenters. The molecule has 4 rings (SSSR count). The molecule has 0 radical (unpaired) electrons. The van der Waals surface area contributed by atoms with E-state index < -0.39 is 0 Å². The highest BCUT2D eigenvalue weighted by Gasteiger charge is 2.22. The minimum Gasteiger partial charge on any atom is -0.397 e. The summed E-state index contributed by atoms with van der Waals surface area (Å²) in [5, 5.41) is 5.93. The van der Waals surface area contributed by atoms with Crippen molar-refractivity contribution >= 4 is 28.8 Å². The molecule has 0 spiro atoms. The second kappa shape index (κ2) is 7.19. The van der Waals surface area contributed by atoms with Crippen LogP contribution in [-0.4, -0.2) is 18.7 Å². The summed E-state index contributed by atoms with van der Waals surface area (Å²) in [4.78, 5) is 25.1. The van der Waals surface area contributed by atoms with Crippen molar-refractivity contribution in [3.63, 3.8) is 0 Å². The third-order valence-corrected chi connectivity index (χ3v) is 5.10. The summed E-state index contributed by atoms with van der Waals surface area (Å²) >= 11 is 0. The summed E-state index contributed by atoms with van der Waals surface area (Å²) in [7, 11) is 1.58. The molecule has 140 valence electrons. The molecule has 0 saturated heterocycles. The van der Waals surface area contributed by atoms with Gasteiger partial charge >= 0.3 is 0 Å². The molecule has 0 aromatic heterocycles. The van der Waals surface area contributed by atoms with Gasteiger partial charge in [-0.2, -0.15) is 0 Å². The van der Waals surface area contributed by atoms with Gasteiger partial charge in [0.25, 0.3) is 5.91 Å². The molecule has 28 heavy (non-hydrogen) atoms. The number of aryl methyl sites for hydroxylation is 2. The number of carbonyl (C=O) groups is 2. The van der Waals surface area contributed by atoms with Crippen LogP contribution in [0.1, 0.15) is 37.4 Å². The Bertz CT molecular complexity index is 1090. The van der Waals surface area contributed by atoms with Gasteiger partial charge in [0, 0.05) is 29.4 Å². The van der Waals surface area contributed by atoms with E-state index in [4.69, 9.17) is 5.73 Å². The first-order valence-electron chi connectivity index (χ1n) is 9.21. The highest BCUT2D eigenvalue weighted by Crippen LogP contribution is 2.29. The van der Waals surface area contributed by atoms with E-state index in [0.29, 0.717) is 22.4 Å². The molecule has 1 aliphatic carbocycles. The Morgan fingerprint density at radius 3 is 2.50 bits per heavy atom. The minimum absolute atomic E-state index is 0.0426.